The Morgan fingerprint density at radius 2 is 1.89 bits per heavy atom. The molecule has 0 unspecified atom stereocenters. The number of sulfonamides is 1. The van der Waals surface area contributed by atoms with E-state index in [1.807, 2.05) is 0 Å². The van der Waals surface area contributed by atoms with Crippen LogP contribution >= 0.6 is 0 Å². The maximum atomic E-state index is 11.7. The summed E-state index contributed by atoms with van der Waals surface area (Å²) in [7, 11) is -0.274. The third kappa shape index (κ3) is 3.97. The van der Waals surface area contributed by atoms with E-state index < -0.39 is 10.0 Å². The number of rotatable bonds is 5. The summed E-state index contributed by atoms with van der Waals surface area (Å²) in [4.78, 5) is 11.1. The smallest absolute Gasteiger partial charge is 0.247 e. The Kier molecular flexibility index (Phi) is 4.63. The van der Waals surface area contributed by atoms with Crippen molar-refractivity contribution in [2.75, 3.05) is 19.4 Å². The summed E-state index contributed by atoms with van der Waals surface area (Å²) in [5.74, 6) is -0.362. The molecule has 0 radical (unpaired) electrons. The summed E-state index contributed by atoms with van der Waals surface area (Å²) in [6.07, 6.45) is 1.17. The molecule has 1 rings (SSSR count). The van der Waals surface area contributed by atoms with Crippen molar-refractivity contribution in [3.63, 3.8) is 0 Å². The van der Waals surface area contributed by atoms with E-state index >= 15 is 0 Å². The highest BCUT2D eigenvalue weighted by Gasteiger charge is 2.14. The second-order valence-electron chi connectivity index (χ2n) is 3.93. The van der Waals surface area contributed by atoms with Gasteiger partial charge in [0.2, 0.25) is 15.9 Å². The van der Waals surface area contributed by atoms with Crippen molar-refractivity contribution in [2.45, 2.75) is 5.75 Å². The Hall–Kier alpha value is -1.66. The van der Waals surface area contributed by atoms with E-state index in [1.54, 1.807) is 24.3 Å². The molecule has 18 heavy (non-hydrogen) atoms. The molecule has 0 aliphatic rings. The van der Waals surface area contributed by atoms with E-state index in [4.69, 9.17) is 0 Å². The lowest BCUT2D eigenvalue weighted by atomic mass is 10.2. The monoisotopic (exact) mass is 268 g/mol. The van der Waals surface area contributed by atoms with Gasteiger partial charge in [-0.15, -0.1) is 0 Å². The number of hydrogen-bond acceptors (Lipinski definition) is 3. The summed E-state index contributed by atoms with van der Waals surface area (Å²) in [5, 5.41) is 2.59. The minimum atomic E-state index is -3.26. The van der Waals surface area contributed by atoms with Crippen LogP contribution in [0.25, 0.3) is 0 Å². The van der Waals surface area contributed by atoms with Crippen LogP contribution in [-0.4, -0.2) is 32.7 Å². The minimum Gasteiger partial charge on any atom is -0.323 e. The predicted octanol–water partition coefficient (Wildman–Crippen LogP) is 1.20. The van der Waals surface area contributed by atoms with Gasteiger partial charge in [0.1, 0.15) is 0 Å². The lowest BCUT2D eigenvalue weighted by Gasteiger charge is -2.11. The van der Waals surface area contributed by atoms with Gasteiger partial charge in [-0.1, -0.05) is 18.7 Å². The van der Waals surface area contributed by atoms with Crippen molar-refractivity contribution in [3.8, 4) is 0 Å². The Balaban J connectivity index is 2.78. The zero-order chi connectivity index (χ0) is 13.8. The molecule has 6 heteroatoms. The van der Waals surface area contributed by atoms with Crippen LogP contribution in [0, 0.1) is 0 Å². The third-order valence-electron chi connectivity index (χ3n) is 2.31. The third-order valence-corrected chi connectivity index (χ3v) is 4.12. The van der Waals surface area contributed by atoms with E-state index in [-0.39, 0.29) is 11.7 Å². The summed E-state index contributed by atoms with van der Waals surface area (Å²) in [6, 6.07) is 6.64. The Morgan fingerprint density at radius 1 is 1.33 bits per heavy atom. The van der Waals surface area contributed by atoms with Crippen LogP contribution in [0.3, 0.4) is 0 Å². The number of hydrogen-bond donors (Lipinski definition) is 1. The molecule has 1 aromatic carbocycles. The largest absolute Gasteiger partial charge is 0.323 e. The topological polar surface area (TPSA) is 66.5 Å². The molecule has 98 valence electrons. The van der Waals surface area contributed by atoms with E-state index in [0.29, 0.717) is 11.3 Å². The van der Waals surface area contributed by atoms with Gasteiger partial charge in [0, 0.05) is 19.8 Å². The molecular formula is C12H16N2O3S. The molecule has 1 amide bonds. The van der Waals surface area contributed by atoms with Crippen LogP contribution in [0.1, 0.15) is 5.56 Å². The van der Waals surface area contributed by atoms with Gasteiger partial charge in [-0.3, -0.25) is 4.79 Å². The molecule has 0 atom stereocenters. The number of benzene rings is 1. The normalized spacial score (nSPS) is 11.3. The van der Waals surface area contributed by atoms with Gasteiger partial charge >= 0.3 is 0 Å². The van der Waals surface area contributed by atoms with Crippen molar-refractivity contribution < 1.29 is 13.2 Å². The van der Waals surface area contributed by atoms with Crippen LogP contribution in [0.4, 0.5) is 5.69 Å². The number of nitrogens with one attached hydrogen (secondary N) is 1. The Labute approximate surface area is 107 Å². The lowest BCUT2D eigenvalue weighted by Crippen LogP contribution is -2.23. The van der Waals surface area contributed by atoms with Crippen LogP contribution in [0.15, 0.2) is 36.9 Å². The zero-order valence-electron chi connectivity index (χ0n) is 10.4. The van der Waals surface area contributed by atoms with Crippen molar-refractivity contribution in [1.82, 2.24) is 4.31 Å². The van der Waals surface area contributed by atoms with E-state index in [9.17, 15) is 13.2 Å². The van der Waals surface area contributed by atoms with Gasteiger partial charge < -0.3 is 5.32 Å². The van der Waals surface area contributed by atoms with Crippen LogP contribution in [0.5, 0.6) is 0 Å². The highest BCUT2D eigenvalue weighted by Crippen LogP contribution is 2.13. The second-order valence-corrected chi connectivity index (χ2v) is 6.11. The van der Waals surface area contributed by atoms with Gasteiger partial charge in [0.25, 0.3) is 0 Å². The highest BCUT2D eigenvalue weighted by atomic mass is 32.2. The van der Waals surface area contributed by atoms with E-state index in [0.717, 1.165) is 0 Å². The molecule has 5 nitrogen and oxygen atoms in total. The molecule has 0 spiro atoms. The quantitative estimate of drug-likeness (QED) is 0.816. The molecule has 0 saturated carbocycles. The van der Waals surface area contributed by atoms with Crippen molar-refractivity contribution in [3.05, 3.63) is 42.5 Å². The summed E-state index contributed by atoms with van der Waals surface area (Å²) in [5.41, 5.74) is 1.27. The average molecular weight is 268 g/mol. The summed E-state index contributed by atoms with van der Waals surface area (Å²) < 4.78 is 24.5. The molecule has 0 bridgehead atoms. The molecule has 0 aliphatic heterocycles. The second kappa shape index (κ2) is 5.79. The van der Waals surface area contributed by atoms with E-state index in [2.05, 4.69) is 11.9 Å². The fourth-order valence-electron chi connectivity index (χ4n) is 1.22. The van der Waals surface area contributed by atoms with Crippen molar-refractivity contribution in [2.24, 2.45) is 0 Å². The number of carbonyl (C=O) groups is 1. The average Bonchev–Trinajstić information content (AvgIpc) is 2.31. The van der Waals surface area contributed by atoms with Crippen molar-refractivity contribution >= 4 is 21.6 Å². The van der Waals surface area contributed by atoms with Gasteiger partial charge in [0.05, 0.1) is 5.75 Å². The molecule has 1 aromatic rings. The Morgan fingerprint density at radius 3 is 2.33 bits per heavy atom. The lowest BCUT2D eigenvalue weighted by molar-refractivity contribution is -0.111. The van der Waals surface area contributed by atoms with Gasteiger partial charge in [-0.2, -0.15) is 0 Å². The van der Waals surface area contributed by atoms with Crippen LogP contribution < -0.4 is 5.32 Å². The fraction of sp³-hybridized carbons (Fsp3) is 0.250. The molecule has 0 heterocycles. The first-order valence-electron chi connectivity index (χ1n) is 5.27. The molecule has 0 aromatic heterocycles. The number of carbonyl (C=O) groups excluding carboxylic acids is 1. The zero-order valence-corrected chi connectivity index (χ0v) is 11.2. The SMILES string of the molecule is C=CC(=O)Nc1ccc(CS(=O)(=O)N(C)C)cc1. The first-order chi connectivity index (χ1) is 8.35. The van der Waals surface area contributed by atoms with Gasteiger partial charge in [0.15, 0.2) is 0 Å². The number of anilines is 1. The minimum absolute atomic E-state index is 0.0598. The van der Waals surface area contributed by atoms with E-state index in [1.165, 1.54) is 24.5 Å². The maximum absolute atomic E-state index is 11.7. The molecule has 0 aliphatic carbocycles. The first kappa shape index (κ1) is 14.4. The Bertz CT molecular complexity index is 533. The molecule has 0 fully saturated rings. The fourth-order valence-corrected chi connectivity index (χ4v) is 2.09. The van der Waals surface area contributed by atoms with Gasteiger partial charge in [-0.05, 0) is 23.8 Å². The maximum Gasteiger partial charge on any atom is 0.247 e. The predicted molar refractivity (Wildman–Crippen MR) is 71.6 cm³/mol. The molecule has 1 N–H and O–H groups in total. The number of nitrogens with zero attached hydrogens (tertiary/aromatic N) is 1. The van der Waals surface area contributed by atoms with Crippen LogP contribution in [0.2, 0.25) is 0 Å². The summed E-state index contributed by atoms with van der Waals surface area (Å²) >= 11 is 0. The van der Waals surface area contributed by atoms with Gasteiger partial charge in [-0.25, -0.2) is 12.7 Å². The molecular weight excluding hydrogens is 252 g/mol. The highest BCUT2D eigenvalue weighted by molar-refractivity contribution is 7.88. The summed E-state index contributed by atoms with van der Waals surface area (Å²) in [6.45, 7) is 3.35. The first-order valence-corrected chi connectivity index (χ1v) is 6.88. The standard InChI is InChI=1S/C12H16N2O3S/c1-4-12(15)13-11-7-5-10(6-8-11)9-18(16,17)14(2)3/h4-8H,1,9H2,2-3H3,(H,13,15). The van der Waals surface area contributed by atoms with Crippen LogP contribution in [-0.2, 0) is 20.6 Å². The molecule has 0 saturated heterocycles. The van der Waals surface area contributed by atoms with Crippen molar-refractivity contribution in [1.29, 1.82) is 0 Å². The number of amides is 1.